The Morgan fingerprint density at radius 1 is 1.11 bits per heavy atom. The molecule has 6 nitrogen and oxygen atoms in total. The standard InChI is InChI=1S/C29H27ClN4O2S/c1-17(2)28(35)32-22-12-11-21(16-18(22)3)34-27(26(33-29(34)37)23-6-4-5-15-31-23)25-14-13-24(36-25)19-7-9-20(30)10-8-19/h4-17,26-27H,1-3H3,(H,32,35)(H,33,37)/t26-,27+/m1/s1. The number of carbonyl (C=O) groups is 1. The first-order chi connectivity index (χ1) is 17.8. The quantitative estimate of drug-likeness (QED) is 0.260. The first-order valence-electron chi connectivity index (χ1n) is 12.1. The summed E-state index contributed by atoms with van der Waals surface area (Å²) in [5, 5.41) is 7.70. The van der Waals surface area contributed by atoms with Crippen molar-refractivity contribution >= 4 is 46.2 Å². The number of rotatable bonds is 6. The van der Waals surface area contributed by atoms with Crippen LogP contribution < -0.4 is 15.5 Å². The van der Waals surface area contributed by atoms with Crippen molar-refractivity contribution in [1.82, 2.24) is 10.3 Å². The molecular formula is C29H27ClN4O2S. The van der Waals surface area contributed by atoms with Crippen LogP contribution in [0.25, 0.3) is 11.3 Å². The molecule has 0 aliphatic carbocycles. The van der Waals surface area contributed by atoms with Crippen molar-refractivity contribution < 1.29 is 9.21 Å². The van der Waals surface area contributed by atoms with Gasteiger partial charge in [0.05, 0.1) is 11.7 Å². The number of pyridine rings is 1. The predicted octanol–water partition coefficient (Wildman–Crippen LogP) is 7.08. The molecule has 8 heteroatoms. The molecule has 1 aliphatic rings. The molecule has 1 fully saturated rings. The minimum Gasteiger partial charge on any atom is -0.459 e. The molecule has 0 spiro atoms. The Bertz CT molecular complexity index is 1440. The lowest BCUT2D eigenvalue weighted by molar-refractivity contribution is -0.118. The number of benzene rings is 2. The second-order valence-corrected chi connectivity index (χ2v) is 10.2. The number of amides is 1. The van der Waals surface area contributed by atoms with E-state index in [4.69, 9.17) is 28.2 Å². The van der Waals surface area contributed by atoms with Crippen LogP contribution in [0.15, 0.2) is 83.4 Å². The highest BCUT2D eigenvalue weighted by atomic mass is 35.5. The fraction of sp³-hybridized carbons (Fsp3) is 0.207. The maximum atomic E-state index is 12.3. The van der Waals surface area contributed by atoms with Crippen LogP contribution in [0.5, 0.6) is 0 Å². The van der Waals surface area contributed by atoms with Crippen LogP contribution >= 0.6 is 23.8 Å². The third-order valence-corrected chi connectivity index (χ3v) is 6.98. The molecule has 5 rings (SSSR count). The van der Waals surface area contributed by atoms with Crippen molar-refractivity contribution in [2.75, 3.05) is 10.2 Å². The number of carbonyl (C=O) groups excluding carboxylic acids is 1. The summed E-state index contributed by atoms with van der Waals surface area (Å²) in [4.78, 5) is 18.9. The van der Waals surface area contributed by atoms with Crippen LogP contribution in [0.2, 0.25) is 5.02 Å². The van der Waals surface area contributed by atoms with Crippen molar-refractivity contribution in [1.29, 1.82) is 0 Å². The maximum absolute atomic E-state index is 12.3. The zero-order chi connectivity index (χ0) is 26.1. The van der Waals surface area contributed by atoms with Crippen LogP contribution in [0.4, 0.5) is 11.4 Å². The van der Waals surface area contributed by atoms with Gasteiger partial charge in [0.1, 0.15) is 17.6 Å². The molecule has 0 bridgehead atoms. The molecule has 2 atom stereocenters. The Labute approximate surface area is 226 Å². The highest BCUT2D eigenvalue weighted by molar-refractivity contribution is 7.80. The lowest BCUT2D eigenvalue weighted by Crippen LogP contribution is -2.29. The molecule has 0 radical (unpaired) electrons. The third-order valence-electron chi connectivity index (χ3n) is 6.42. The summed E-state index contributed by atoms with van der Waals surface area (Å²) in [6.45, 7) is 5.72. The largest absolute Gasteiger partial charge is 0.459 e. The van der Waals surface area contributed by atoms with Crippen molar-refractivity contribution in [2.24, 2.45) is 5.92 Å². The highest BCUT2D eigenvalue weighted by Gasteiger charge is 2.42. The summed E-state index contributed by atoms with van der Waals surface area (Å²) in [6.07, 6.45) is 1.78. The van der Waals surface area contributed by atoms with E-state index in [1.54, 1.807) is 6.20 Å². The highest BCUT2D eigenvalue weighted by Crippen LogP contribution is 2.43. The van der Waals surface area contributed by atoms with Gasteiger partial charge in [-0.1, -0.05) is 31.5 Å². The minimum absolute atomic E-state index is 0.0207. The van der Waals surface area contributed by atoms with Gasteiger partial charge in [0.25, 0.3) is 0 Å². The van der Waals surface area contributed by atoms with Crippen molar-refractivity contribution in [2.45, 2.75) is 32.9 Å². The molecule has 1 aliphatic heterocycles. The number of anilines is 2. The summed E-state index contributed by atoms with van der Waals surface area (Å²) >= 11 is 11.9. The van der Waals surface area contributed by atoms with Gasteiger partial charge in [0.2, 0.25) is 5.91 Å². The molecule has 2 aromatic heterocycles. The fourth-order valence-electron chi connectivity index (χ4n) is 4.42. The van der Waals surface area contributed by atoms with Gasteiger partial charge in [-0.15, -0.1) is 0 Å². The molecule has 1 saturated heterocycles. The SMILES string of the molecule is Cc1cc(N2C(=S)N[C@H](c3ccccn3)[C@@H]2c2ccc(-c3ccc(Cl)cc3)o2)ccc1NC(=O)C(C)C. The summed E-state index contributed by atoms with van der Waals surface area (Å²) in [5.74, 6) is 1.37. The monoisotopic (exact) mass is 530 g/mol. The zero-order valence-electron chi connectivity index (χ0n) is 20.7. The molecule has 2 N–H and O–H groups in total. The number of nitrogens with zero attached hydrogens (tertiary/aromatic N) is 2. The molecule has 0 unspecified atom stereocenters. The first-order valence-corrected chi connectivity index (χ1v) is 12.9. The first kappa shape index (κ1) is 25.0. The number of hydrogen-bond acceptors (Lipinski definition) is 4. The number of aryl methyl sites for hydroxylation is 1. The molecule has 2 aromatic carbocycles. The van der Waals surface area contributed by atoms with Crippen LogP contribution in [-0.2, 0) is 4.79 Å². The Balaban J connectivity index is 1.54. The van der Waals surface area contributed by atoms with Crippen LogP contribution in [0.3, 0.4) is 0 Å². The summed E-state index contributed by atoms with van der Waals surface area (Å²) in [6, 6.07) is 22.7. The molecule has 188 valence electrons. The lowest BCUT2D eigenvalue weighted by atomic mass is 10.0. The molecule has 3 heterocycles. The average Bonchev–Trinajstić information content (AvgIpc) is 3.51. The van der Waals surface area contributed by atoms with E-state index in [0.29, 0.717) is 10.1 Å². The van der Waals surface area contributed by atoms with Crippen LogP contribution in [0.1, 0.15) is 42.9 Å². The second kappa shape index (κ2) is 10.4. The summed E-state index contributed by atoms with van der Waals surface area (Å²) in [7, 11) is 0. The smallest absolute Gasteiger partial charge is 0.226 e. The van der Waals surface area contributed by atoms with Gasteiger partial charge < -0.3 is 20.0 Å². The van der Waals surface area contributed by atoms with Gasteiger partial charge in [-0.2, -0.15) is 0 Å². The van der Waals surface area contributed by atoms with Gasteiger partial charge in [0, 0.05) is 34.1 Å². The van der Waals surface area contributed by atoms with E-state index in [1.807, 2.05) is 93.6 Å². The Hall–Kier alpha value is -3.68. The Morgan fingerprint density at radius 2 is 1.89 bits per heavy atom. The normalized spacial score (nSPS) is 17.2. The number of halogens is 1. The van der Waals surface area contributed by atoms with Crippen molar-refractivity contribution in [3.63, 3.8) is 0 Å². The van der Waals surface area contributed by atoms with Gasteiger partial charge in [-0.05, 0) is 91.4 Å². The third kappa shape index (κ3) is 5.10. The van der Waals surface area contributed by atoms with Gasteiger partial charge in [-0.3, -0.25) is 9.78 Å². The minimum atomic E-state index is -0.279. The number of aromatic nitrogens is 1. The van der Waals surface area contributed by atoms with Crippen molar-refractivity contribution in [3.05, 3.63) is 101 Å². The zero-order valence-corrected chi connectivity index (χ0v) is 22.3. The predicted molar refractivity (Wildman–Crippen MR) is 152 cm³/mol. The number of nitrogens with one attached hydrogen (secondary N) is 2. The maximum Gasteiger partial charge on any atom is 0.226 e. The van der Waals surface area contributed by atoms with Gasteiger partial charge >= 0.3 is 0 Å². The van der Waals surface area contributed by atoms with Crippen LogP contribution in [-0.4, -0.2) is 16.0 Å². The van der Waals surface area contributed by atoms with Gasteiger partial charge in [0.15, 0.2) is 5.11 Å². The van der Waals surface area contributed by atoms with Crippen molar-refractivity contribution in [3.8, 4) is 11.3 Å². The number of furan rings is 1. The van der Waals surface area contributed by atoms with Crippen LogP contribution in [0, 0.1) is 12.8 Å². The van der Waals surface area contributed by atoms with E-state index in [0.717, 1.165) is 39.7 Å². The molecular weight excluding hydrogens is 504 g/mol. The van der Waals surface area contributed by atoms with Gasteiger partial charge in [-0.25, -0.2) is 0 Å². The topological polar surface area (TPSA) is 70.4 Å². The molecule has 0 saturated carbocycles. The summed E-state index contributed by atoms with van der Waals surface area (Å²) in [5.41, 5.74) is 4.41. The summed E-state index contributed by atoms with van der Waals surface area (Å²) < 4.78 is 6.41. The lowest BCUT2D eigenvalue weighted by Gasteiger charge is -2.27. The number of hydrogen-bond donors (Lipinski definition) is 2. The van der Waals surface area contributed by atoms with E-state index in [-0.39, 0.29) is 23.9 Å². The Kier molecular flexibility index (Phi) is 7.00. The second-order valence-electron chi connectivity index (χ2n) is 9.35. The molecule has 37 heavy (non-hydrogen) atoms. The number of thiocarbonyl (C=S) groups is 1. The molecule has 4 aromatic rings. The van der Waals surface area contributed by atoms with E-state index in [1.165, 1.54) is 0 Å². The molecule has 1 amide bonds. The van der Waals surface area contributed by atoms with E-state index < -0.39 is 0 Å². The van der Waals surface area contributed by atoms with E-state index in [2.05, 4.69) is 20.5 Å². The average molecular weight is 531 g/mol. The fourth-order valence-corrected chi connectivity index (χ4v) is 4.89. The Morgan fingerprint density at radius 3 is 2.57 bits per heavy atom. The van der Waals surface area contributed by atoms with E-state index in [9.17, 15) is 4.79 Å². The van der Waals surface area contributed by atoms with E-state index >= 15 is 0 Å².